The van der Waals surface area contributed by atoms with Gasteiger partial charge in [-0.25, -0.2) is 0 Å². The van der Waals surface area contributed by atoms with Crippen LogP contribution in [0, 0.1) is 83.1 Å². The van der Waals surface area contributed by atoms with E-state index in [0.717, 1.165) is 34.2 Å². The molecule has 1 aliphatic heterocycles. The molecule has 8 aromatic carbocycles. The third-order valence-corrected chi connectivity index (χ3v) is 15.9. The molecular formula is C71H80N2O. The largest absolute Gasteiger partial charge is 0.452 e. The number of rotatable bonds is 8. The first kappa shape index (κ1) is 52.0. The van der Waals surface area contributed by atoms with Crippen molar-refractivity contribution < 1.29 is 4.74 Å². The number of hydrogen-bond donors (Lipinski definition) is 2. The molecule has 74 heavy (non-hydrogen) atoms. The van der Waals surface area contributed by atoms with Gasteiger partial charge in [0.1, 0.15) is 0 Å². The van der Waals surface area contributed by atoms with Crippen molar-refractivity contribution in [3.8, 4) is 56.0 Å². The highest BCUT2D eigenvalue weighted by Crippen LogP contribution is 2.57. The zero-order valence-corrected chi connectivity index (χ0v) is 48.3. The Balaban J connectivity index is 1.34. The van der Waals surface area contributed by atoms with Crippen LogP contribution in [0.3, 0.4) is 0 Å². The van der Waals surface area contributed by atoms with Gasteiger partial charge in [0.15, 0.2) is 11.5 Å². The summed E-state index contributed by atoms with van der Waals surface area (Å²) in [7, 11) is 0. The highest BCUT2D eigenvalue weighted by molar-refractivity contribution is 5.99. The van der Waals surface area contributed by atoms with Crippen molar-refractivity contribution in [3.05, 3.63) is 198 Å². The van der Waals surface area contributed by atoms with Gasteiger partial charge < -0.3 is 15.4 Å². The van der Waals surface area contributed by atoms with Crippen LogP contribution in [-0.2, 0) is 16.2 Å². The first-order chi connectivity index (χ1) is 34.6. The van der Waals surface area contributed by atoms with Gasteiger partial charge in [-0.3, -0.25) is 0 Å². The van der Waals surface area contributed by atoms with E-state index < -0.39 is 5.41 Å². The molecule has 380 valence electrons. The van der Waals surface area contributed by atoms with Crippen molar-refractivity contribution in [1.82, 2.24) is 0 Å². The average molecular weight is 977 g/mol. The molecule has 0 aromatic heterocycles. The molecule has 1 heterocycles. The minimum atomic E-state index is -0.467. The Morgan fingerprint density at radius 2 is 0.595 bits per heavy atom. The standard InChI is InChI=1S/C71H80N2O/c1-39-27-43(5)61(44(6)28-39)53-23-21-24-54(62-45(7)29-40(2)30-46(62)8)65(53)72-59-37-51(69(13,14)15)35-57-67(59)74-68-58(71(57,19)20)36-52(70(16,17)18)38-60(68)73-66-55(63-47(9)31-41(3)32-48(63)10)25-22-26-56(66)64-49(11)33-42(4)34-50(64)12/h21-38,72-73H,1-20H3. The van der Waals surface area contributed by atoms with Crippen LogP contribution in [0.1, 0.15) is 144 Å². The molecule has 0 aliphatic carbocycles. The molecule has 8 aromatic rings. The second-order valence-corrected chi connectivity index (χ2v) is 24.8. The molecule has 0 saturated heterocycles. The Morgan fingerprint density at radius 1 is 0.351 bits per heavy atom. The lowest BCUT2D eigenvalue weighted by atomic mass is 9.71. The van der Waals surface area contributed by atoms with Crippen molar-refractivity contribution in [2.45, 2.75) is 155 Å². The highest BCUT2D eigenvalue weighted by atomic mass is 16.5. The Hall–Kier alpha value is -6.84. The number of ether oxygens (including phenoxy) is 1. The summed E-state index contributed by atoms with van der Waals surface area (Å²) >= 11 is 0. The third-order valence-electron chi connectivity index (χ3n) is 15.9. The molecule has 9 rings (SSSR count). The van der Waals surface area contributed by atoms with Crippen molar-refractivity contribution in [2.75, 3.05) is 10.6 Å². The molecule has 3 heteroatoms. The van der Waals surface area contributed by atoms with Crippen LogP contribution in [0.2, 0.25) is 0 Å². The molecule has 1 aliphatic rings. The zero-order valence-electron chi connectivity index (χ0n) is 48.3. The smallest absolute Gasteiger partial charge is 0.155 e. The minimum absolute atomic E-state index is 0.156. The molecule has 0 radical (unpaired) electrons. The number of nitrogens with one attached hydrogen (secondary N) is 2. The van der Waals surface area contributed by atoms with Crippen LogP contribution in [0.4, 0.5) is 22.7 Å². The van der Waals surface area contributed by atoms with Gasteiger partial charge in [-0.05, 0) is 184 Å². The van der Waals surface area contributed by atoms with Crippen LogP contribution in [0.25, 0.3) is 44.5 Å². The summed E-state index contributed by atoms with van der Waals surface area (Å²) in [4.78, 5) is 0. The predicted molar refractivity (Wildman–Crippen MR) is 321 cm³/mol. The van der Waals surface area contributed by atoms with Gasteiger partial charge in [0.05, 0.1) is 22.7 Å². The fourth-order valence-electron chi connectivity index (χ4n) is 12.6. The SMILES string of the molecule is Cc1cc(C)c(-c2cccc(-c3c(C)cc(C)cc3C)c2Nc2cc(C(C)(C)C)cc3c2Oc2c(Nc4c(-c5c(C)cc(C)cc5C)cccc4-c4c(C)cc(C)cc4C)cc(C(C)(C)C)cc2C3(C)C)c(C)c1. The van der Waals surface area contributed by atoms with Crippen LogP contribution >= 0.6 is 0 Å². The number of anilines is 4. The van der Waals surface area contributed by atoms with Gasteiger partial charge >= 0.3 is 0 Å². The first-order valence-corrected chi connectivity index (χ1v) is 26.8. The van der Waals surface area contributed by atoms with Gasteiger partial charge in [0, 0.05) is 38.8 Å². The number of fused-ring (bicyclic) bond motifs is 2. The number of aryl methyl sites for hydroxylation is 12. The van der Waals surface area contributed by atoms with Gasteiger partial charge in [-0.2, -0.15) is 0 Å². The van der Waals surface area contributed by atoms with Crippen molar-refractivity contribution in [3.63, 3.8) is 0 Å². The molecule has 0 amide bonds. The Bertz CT molecular complexity index is 3110. The average Bonchev–Trinajstić information content (AvgIpc) is 3.26. The topological polar surface area (TPSA) is 33.3 Å². The second kappa shape index (κ2) is 18.8. The fraction of sp³-hybridized carbons (Fsp3) is 0.324. The van der Waals surface area contributed by atoms with E-state index in [4.69, 9.17) is 4.74 Å². The molecule has 0 fully saturated rings. The molecule has 0 bridgehead atoms. The van der Waals surface area contributed by atoms with E-state index in [9.17, 15) is 0 Å². The van der Waals surface area contributed by atoms with Crippen molar-refractivity contribution in [2.24, 2.45) is 0 Å². The molecule has 0 saturated carbocycles. The summed E-state index contributed by atoms with van der Waals surface area (Å²) in [6, 6.07) is 41.8. The van der Waals surface area contributed by atoms with E-state index in [0.29, 0.717) is 0 Å². The van der Waals surface area contributed by atoms with E-state index in [1.165, 1.54) is 134 Å². The van der Waals surface area contributed by atoms with E-state index in [1.807, 2.05) is 0 Å². The van der Waals surface area contributed by atoms with Gasteiger partial charge in [-0.15, -0.1) is 0 Å². The van der Waals surface area contributed by atoms with Crippen molar-refractivity contribution >= 4 is 22.7 Å². The van der Waals surface area contributed by atoms with E-state index >= 15 is 0 Å². The molecule has 2 N–H and O–H groups in total. The maximum Gasteiger partial charge on any atom is 0.155 e. The van der Waals surface area contributed by atoms with Gasteiger partial charge in [0.2, 0.25) is 0 Å². The molecule has 0 spiro atoms. The minimum Gasteiger partial charge on any atom is -0.452 e. The van der Waals surface area contributed by atoms with Crippen LogP contribution < -0.4 is 15.4 Å². The maximum atomic E-state index is 7.77. The number of para-hydroxylation sites is 2. The van der Waals surface area contributed by atoms with Gasteiger partial charge in [0.25, 0.3) is 0 Å². The van der Waals surface area contributed by atoms with Crippen LogP contribution in [0.5, 0.6) is 11.5 Å². The summed E-state index contributed by atoms with van der Waals surface area (Å²) in [6.07, 6.45) is 0. The number of benzene rings is 8. The summed E-state index contributed by atoms with van der Waals surface area (Å²) in [5, 5.41) is 8.48. The predicted octanol–water partition coefficient (Wildman–Crippen LogP) is 20.6. The summed E-state index contributed by atoms with van der Waals surface area (Å²) in [5.41, 5.74) is 32.9. The number of hydrogen-bond acceptors (Lipinski definition) is 3. The summed E-state index contributed by atoms with van der Waals surface area (Å²) < 4.78 is 7.77. The molecule has 0 unspecified atom stereocenters. The Labute approximate surface area is 444 Å². The van der Waals surface area contributed by atoms with Crippen LogP contribution in [0.15, 0.2) is 109 Å². The lowest BCUT2D eigenvalue weighted by Crippen LogP contribution is -2.28. The normalized spacial score (nSPS) is 13.1. The van der Waals surface area contributed by atoms with Crippen LogP contribution in [-0.4, -0.2) is 0 Å². The molecule has 0 atom stereocenters. The van der Waals surface area contributed by atoms with Crippen molar-refractivity contribution in [1.29, 1.82) is 0 Å². The Morgan fingerprint density at radius 3 is 0.824 bits per heavy atom. The summed E-state index contributed by atoms with van der Waals surface area (Å²) in [6.45, 7) is 45.6. The first-order valence-electron chi connectivity index (χ1n) is 26.8. The monoisotopic (exact) mass is 977 g/mol. The zero-order chi connectivity index (χ0) is 53.7. The quantitative estimate of drug-likeness (QED) is 0.159. The lowest BCUT2D eigenvalue weighted by molar-refractivity contribution is 0.419. The van der Waals surface area contributed by atoms with E-state index in [2.05, 4.69) is 258 Å². The third kappa shape index (κ3) is 9.37. The molecular weight excluding hydrogens is 897 g/mol. The fourth-order valence-corrected chi connectivity index (χ4v) is 12.6. The second-order valence-electron chi connectivity index (χ2n) is 24.8. The maximum absolute atomic E-state index is 7.77. The Kier molecular flexibility index (Phi) is 13.2. The van der Waals surface area contributed by atoms with Gasteiger partial charge in [-0.1, -0.05) is 175 Å². The summed E-state index contributed by atoms with van der Waals surface area (Å²) in [5.74, 6) is 1.70. The lowest BCUT2D eigenvalue weighted by Gasteiger charge is -2.39. The van der Waals surface area contributed by atoms with E-state index in [-0.39, 0.29) is 10.8 Å². The molecule has 3 nitrogen and oxygen atoms in total. The van der Waals surface area contributed by atoms with E-state index in [1.54, 1.807) is 0 Å². The highest BCUT2D eigenvalue weighted by Gasteiger charge is 2.40.